The Morgan fingerprint density at radius 2 is 1.96 bits per heavy atom. The lowest BCUT2D eigenvalue weighted by atomic mass is 9.73. The average Bonchev–Trinajstić information content (AvgIpc) is 3.45. The summed E-state index contributed by atoms with van der Waals surface area (Å²) in [5.41, 5.74) is -0.564. The topological polar surface area (TPSA) is 50.4 Å². The number of alkyl halides is 3. The van der Waals surface area contributed by atoms with Gasteiger partial charge in [0.2, 0.25) is 5.91 Å². The first-order chi connectivity index (χ1) is 12.4. The Bertz CT molecular complexity index is 623. The molecule has 0 aromatic heterocycles. The third kappa shape index (κ3) is 4.98. The fourth-order valence-electron chi connectivity index (χ4n) is 3.40. The van der Waals surface area contributed by atoms with E-state index >= 15 is 0 Å². The summed E-state index contributed by atoms with van der Waals surface area (Å²) < 4.78 is 44.6. The number of nitrogens with one attached hydrogen (secondary N) is 2. The average molecular weight is 370 g/mol. The van der Waals surface area contributed by atoms with Crippen LogP contribution in [0, 0.1) is 5.92 Å². The fraction of sp³-hybridized carbons (Fsp3) is 0.632. The van der Waals surface area contributed by atoms with Crippen molar-refractivity contribution in [1.82, 2.24) is 10.6 Å². The maximum absolute atomic E-state index is 13.1. The molecule has 1 aliphatic carbocycles. The molecule has 1 aliphatic heterocycles. The SMILES string of the molecule is O=C(CNCC1CC1)NCC1(c2cccc(C(F)(F)F)c2)CCOCC1. The second kappa shape index (κ2) is 7.96. The molecule has 1 aromatic carbocycles. The van der Waals surface area contributed by atoms with Gasteiger partial charge in [-0.15, -0.1) is 0 Å². The number of amides is 1. The van der Waals surface area contributed by atoms with Gasteiger partial charge >= 0.3 is 6.18 Å². The molecular weight excluding hydrogens is 345 g/mol. The number of carbonyl (C=O) groups is 1. The summed E-state index contributed by atoms with van der Waals surface area (Å²) >= 11 is 0. The Morgan fingerprint density at radius 3 is 2.62 bits per heavy atom. The summed E-state index contributed by atoms with van der Waals surface area (Å²) in [7, 11) is 0. The molecule has 1 saturated carbocycles. The van der Waals surface area contributed by atoms with Crippen molar-refractivity contribution in [3.63, 3.8) is 0 Å². The van der Waals surface area contributed by atoms with Crippen LogP contribution in [-0.2, 0) is 21.1 Å². The molecule has 0 radical (unpaired) electrons. The van der Waals surface area contributed by atoms with E-state index < -0.39 is 17.2 Å². The second-order valence-corrected chi connectivity index (χ2v) is 7.32. The van der Waals surface area contributed by atoms with Crippen LogP contribution in [0.3, 0.4) is 0 Å². The zero-order chi connectivity index (χ0) is 18.6. The van der Waals surface area contributed by atoms with Gasteiger partial charge in [-0.1, -0.05) is 18.2 Å². The maximum atomic E-state index is 13.1. The van der Waals surface area contributed by atoms with Crippen molar-refractivity contribution >= 4 is 5.91 Å². The molecule has 2 N–H and O–H groups in total. The molecule has 0 spiro atoms. The zero-order valence-corrected chi connectivity index (χ0v) is 14.7. The molecular formula is C19H25F3N2O2. The normalized spacial score (nSPS) is 20.0. The third-order valence-electron chi connectivity index (χ3n) is 5.29. The van der Waals surface area contributed by atoms with E-state index in [9.17, 15) is 18.0 Å². The van der Waals surface area contributed by atoms with Crippen LogP contribution < -0.4 is 10.6 Å². The first-order valence-corrected chi connectivity index (χ1v) is 9.12. The van der Waals surface area contributed by atoms with Crippen LogP contribution in [0.4, 0.5) is 13.2 Å². The molecule has 7 heteroatoms. The number of halogens is 3. The number of carbonyl (C=O) groups excluding carboxylic acids is 1. The van der Waals surface area contributed by atoms with Gasteiger partial charge in [-0.2, -0.15) is 13.2 Å². The first-order valence-electron chi connectivity index (χ1n) is 9.12. The van der Waals surface area contributed by atoms with Crippen molar-refractivity contribution < 1.29 is 22.7 Å². The van der Waals surface area contributed by atoms with Gasteiger partial charge in [-0.25, -0.2) is 0 Å². The Balaban J connectivity index is 1.67. The lowest BCUT2D eigenvalue weighted by Crippen LogP contribution is -2.46. The zero-order valence-electron chi connectivity index (χ0n) is 14.7. The molecule has 0 atom stereocenters. The van der Waals surface area contributed by atoms with Gasteiger partial charge in [0.05, 0.1) is 12.1 Å². The molecule has 0 bridgehead atoms. The molecule has 3 rings (SSSR count). The highest BCUT2D eigenvalue weighted by molar-refractivity contribution is 5.78. The molecule has 2 aliphatic rings. The van der Waals surface area contributed by atoms with Crippen LogP contribution in [0.25, 0.3) is 0 Å². The van der Waals surface area contributed by atoms with Crippen LogP contribution in [0.15, 0.2) is 24.3 Å². The summed E-state index contributed by atoms with van der Waals surface area (Å²) in [5.74, 6) is 0.568. The highest BCUT2D eigenvalue weighted by atomic mass is 19.4. The van der Waals surface area contributed by atoms with Crippen molar-refractivity contribution in [1.29, 1.82) is 0 Å². The van der Waals surface area contributed by atoms with Crippen LogP contribution in [0.5, 0.6) is 0 Å². The predicted octanol–water partition coefficient (Wildman–Crippen LogP) is 2.87. The van der Waals surface area contributed by atoms with Crippen molar-refractivity contribution in [2.45, 2.75) is 37.3 Å². The molecule has 1 amide bonds. The summed E-state index contributed by atoms with van der Waals surface area (Å²) in [6.07, 6.45) is -0.771. The number of hydrogen-bond donors (Lipinski definition) is 2. The van der Waals surface area contributed by atoms with E-state index in [1.54, 1.807) is 6.07 Å². The van der Waals surface area contributed by atoms with Gasteiger partial charge in [0.25, 0.3) is 0 Å². The Morgan fingerprint density at radius 1 is 1.23 bits per heavy atom. The standard InChI is InChI=1S/C19H25F3N2O2/c20-19(21,22)16-3-1-2-15(10-16)18(6-8-26-9-7-18)13-24-17(25)12-23-11-14-4-5-14/h1-3,10,14,23H,4-9,11-13H2,(H,24,25). The predicted molar refractivity (Wildman–Crippen MR) is 91.8 cm³/mol. The smallest absolute Gasteiger partial charge is 0.381 e. The van der Waals surface area contributed by atoms with Gasteiger partial charge in [0.1, 0.15) is 0 Å². The summed E-state index contributed by atoms with van der Waals surface area (Å²) in [6.45, 7) is 2.37. The number of benzene rings is 1. The van der Waals surface area contributed by atoms with Gasteiger partial charge in [0, 0.05) is 25.2 Å². The van der Waals surface area contributed by atoms with Gasteiger partial charge in [-0.3, -0.25) is 4.79 Å². The lowest BCUT2D eigenvalue weighted by molar-refractivity contribution is -0.137. The number of ether oxygens (including phenoxy) is 1. The number of rotatable bonds is 7. The fourth-order valence-corrected chi connectivity index (χ4v) is 3.40. The van der Waals surface area contributed by atoms with Crippen LogP contribution in [-0.4, -0.2) is 38.8 Å². The van der Waals surface area contributed by atoms with E-state index in [0.717, 1.165) is 12.6 Å². The van der Waals surface area contributed by atoms with E-state index in [4.69, 9.17) is 4.74 Å². The van der Waals surface area contributed by atoms with E-state index in [2.05, 4.69) is 10.6 Å². The van der Waals surface area contributed by atoms with Crippen molar-refractivity contribution in [3.05, 3.63) is 35.4 Å². The molecule has 1 aromatic rings. The van der Waals surface area contributed by atoms with Crippen LogP contribution >= 0.6 is 0 Å². The van der Waals surface area contributed by atoms with Gasteiger partial charge in [-0.05, 0) is 49.8 Å². The quantitative estimate of drug-likeness (QED) is 0.776. The molecule has 4 nitrogen and oxygen atoms in total. The van der Waals surface area contributed by atoms with Crippen molar-refractivity contribution in [2.24, 2.45) is 5.92 Å². The summed E-state index contributed by atoms with van der Waals surface area (Å²) in [4.78, 5) is 12.1. The minimum absolute atomic E-state index is 0.122. The minimum Gasteiger partial charge on any atom is -0.381 e. The number of hydrogen-bond acceptors (Lipinski definition) is 3. The summed E-state index contributed by atoms with van der Waals surface area (Å²) in [6, 6.07) is 5.45. The van der Waals surface area contributed by atoms with E-state index in [-0.39, 0.29) is 12.5 Å². The highest BCUT2D eigenvalue weighted by Gasteiger charge is 2.37. The Kier molecular flexibility index (Phi) is 5.87. The molecule has 1 heterocycles. The molecule has 144 valence electrons. The van der Waals surface area contributed by atoms with Gasteiger partial charge < -0.3 is 15.4 Å². The third-order valence-corrected chi connectivity index (χ3v) is 5.29. The van der Waals surface area contributed by atoms with E-state index in [1.165, 1.54) is 25.0 Å². The minimum atomic E-state index is -4.38. The first kappa shape index (κ1) is 19.2. The molecule has 2 fully saturated rings. The maximum Gasteiger partial charge on any atom is 0.416 e. The van der Waals surface area contributed by atoms with Crippen molar-refractivity contribution in [2.75, 3.05) is 32.8 Å². The monoisotopic (exact) mass is 370 g/mol. The molecule has 0 unspecified atom stereocenters. The van der Waals surface area contributed by atoms with Crippen LogP contribution in [0.2, 0.25) is 0 Å². The molecule has 26 heavy (non-hydrogen) atoms. The Labute approximate surface area is 151 Å². The lowest BCUT2D eigenvalue weighted by Gasteiger charge is -2.38. The highest BCUT2D eigenvalue weighted by Crippen LogP contribution is 2.37. The van der Waals surface area contributed by atoms with Gasteiger partial charge in [0.15, 0.2) is 0 Å². The largest absolute Gasteiger partial charge is 0.416 e. The molecule has 1 saturated heterocycles. The van der Waals surface area contributed by atoms with Crippen LogP contribution in [0.1, 0.15) is 36.8 Å². The van der Waals surface area contributed by atoms with E-state index in [1.807, 2.05) is 0 Å². The summed E-state index contributed by atoms with van der Waals surface area (Å²) in [5, 5.41) is 6.04. The Hall–Kier alpha value is -1.60. The second-order valence-electron chi connectivity index (χ2n) is 7.32. The van der Waals surface area contributed by atoms with E-state index in [0.29, 0.717) is 44.1 Å². The van der Waals surface area contributed by atoms with Crippen molar-refractivity contribution in [3.8, 4) is 0 Å².